The van der Waals surface area contributed by atoms with Crippen molar-refractivity contribution in [1.29, 1.82) is 0 Å². The Labute approximate surface area is 109 Å². The van der Waals surface area contributed by atoms with Crippen molar-refractivity contribution in [2.24, 2.45) is 0 Å². The number of ether oxygens (including phenoxy) is 3. The van der Waals surface area contributed by atoms with Crippen LogP contribution in [0, 0.1) is 5.82 Å². The molecule has 0 bridgehead atoms. The number of esters is 2. The molecule has 0 amide bonds. The standard InChI is InChI=1S/C13H13FO5/c1-17-8-9-3-4-10(7-11(9)14)19-13(16)6-5-12(15)18-2/h3-7H,8H2,1-2H3/b6-5+. The molecule has 0 atom stereocenters. The van der Waals surface area contributed by atoms with Gasteiger partial charge in [-0.25, -0.2) is 14.0 Å². The molecule has 1 rings (SSSR count). The van der Waals surface area contributed by atoms with E-state index < -0.39 is 17.8 Å². The highest BCUT2D eigenvalue weighted by atomic mass is 19.1. The second-order valence-electron chi connectivity index (χ2n) is 3.46. The van der Waals surface area contributed by atoms with Gasteiger partial charge in [0.1, 0.15) is 11.6 Å². The first-order chi connectivity index (χ1) is 9.06. The topological polar surface area (TPSA) is 61.8 Å². The summed E-state index contributed by atoms with van der Waals surface area (Å²) >= 11 is 0. The van der Waals surface area contributed by atoms with E-state index in [2.05, 4.69) is 4.74 Å². The first-order valence-electron chi connectivity index (χ1n) is 5.32. The van der Waals surface area contributed by atoms with Crippen LogP contribution in [0.4, 0.5) is 4.39 Å². The van der Waals surface area contributed by atoms with E-state index in [1.165, 1.54) is 26.4 Å². The van der Waals surface area contributed by atoms with Crippen molar-refractivity contribution in [3.05, 3.63) is 41.7 Å². The van der Waals surface area contributed by atoms with Gasteiger partial charge < -0.3 is 14.2 Å². The Morgan fingerprint density at radius 1 is 1.21 bits per heavy atom. The summed E-state index contributed by atoms with van der Waals surface area (Å²) in [6.45, 7) is 0.127. The molecule has 0 unspecified atom stereocenters. The molecule has 0 radical (unpaired) electrons. The maximum Gasteiger partial charge on any atom is 0.336 e. The Hall–Kier alpha value is -2.21. The summed E-state index contributed by atoms with van der Waals surface area (Å²) in [5.74, 6) is -1.98. The van der Waals surface area contributed by atoms with E-state index in [1.54, 1.807) is 0 Å². The largest absolute Gasteiger partial charge is 0.466 e. The predicted molar refractivity (Wildman–Crippen MR) is 63.9 cm³/mol. The van der Waals surface area contributed by atoms with E-state index >= 15 is 0 Å². The molecule has 1 aromatic carbocycles. The van der Waals surface area contributed by atoms with Crippen molar-refractivity contribution in [2.45, 2.75) is 6.61 Å². The molecule has 0 fully saturated rings. The van der Waals surface area contributed by atoms with Crippen LogP contribution in [0.2, 0.25) is 0 Å². The van der Waals surface area contributed by atoms with Crippen LogP contribution >= 0.6 is 0 Å². The van der Waals surface area contributed by atoms with Gasteiger partial charge in [-0.3, -0.25) is 0 Å². The summed E-state index contributed by atoms with van der Waals surface area (Å²) in [5.41, 5.74) is 0.354. The number of benzene rings is 1. The van der Waals surface area contributed by atoms with Crippen molar-refractivity contribution >= 4 is 11.9 Å². The third-order valence-electron chi connectivity index (χ3n) is 2.10. The van der Waals surface area contributed by atoms with Crippen LogP contribution in [0.1, 0.15) is 5.56 Å². The normalized spacial score (nSPS) is 10.5. The van der Waals surface area contributed by atoms with Crippen LogP contribution in [-0.4, -0.2) is 26.2 Å². The molecule has 0 aliphatic rings. The SMILES string of the molecule is COCc1ccc(OC(=O)/C=C/C(=O)OC)cc1F. The number of hydrogen-bond acceptors (Lipinski definition) is 5. The van der Waals surface area contributed by atoms with Crippen molar-refractivity contribution < 1.29 is 28.2 Å². The minimum absolute atomic E-state index is 0.0388. The molecule has 6 heteroatoms. The fraction of sp³-hybridized carbons (Fsp3) is 0.231. The Morgan fingerprint density at radius 2 is 1.89 bits per heavy atom. The van der Waals surface area contributed by atoms with Crippen molar-refractivity contribution in [2.75, 3.05) is 14.2 Å². The molecule has 5 nitrogen and oxygen atoms in total. The zero-order valence-electron chi connectivity index (χ0n) is 10.5. The van der Waals surface area contributed by atoms with Gasteiger partial charge in [-0.2, -0.15) is 0 Å². The number of rotatable bonds is 5. The maximum absolute atomic E-state index is 13.5. The highest BCUT2D eigenvalue weighted by Crippen LogP contribution is 2.17. The summed E-state index contributed by atoms with van der Waals surface area (Å²) < 4.78 is 27.4. The molecule has 0 saturated carbocycles. The molecule has 0 N–H and O–H groups in total. The van der Waals surface area contributed by atoms with Gasteiger partial charge in [-0.15, -0.1) is 0 Å². The van der Waals surface area contributed by atoms with Gasteiger partial charge in [0.25, 0.3) is 0 Å². The van der Waals surface area contributed by atoms with E-state index in [-0.39, 0.29) is 12.4 Å². The Bertz CT molecular complexity index is 496. The quantitative estimate of drug-likeness (QED) is 0.461. The number of carbonyl (C=O) groups excluding carboxylic acids is 2. The second-order valence-corrected chi connectivity index (χ2v) is 3.46. The third-order valence-corrected chi connectivity index (χ3v) is 2.10. The Balaban J connectivity index is 2.67. The summed E-state index contributed by atoms with van der Waals surface area (Å²) in [5, 5.41) is 0. The van der Waals surface area contributed by atoms with Crippen LogP contribution in [0.15, 0.2) is 30.4 Å². The van der Waals surface area contributed by atoms with Crippen LogP contribution in [-0.2, 0) is 25.7 Å². The van der Waals surface area contributed by atoms with Gasteiger partial charge in [-0.05, 0) is 6.07 Å². The number of hydrogen-bond donors (Lipinski definition) is 0. The van der Waals surface area contributed by atoms with Crippen LogP contribution < -0.4 is 4.74 Å². The molecular formula is C13H13FO5. The fourth-order valence-electron chi connectivity index (χ4n) is 1.22. The first-order valence-corrected chi connectivity index (χ1v) is 5.32. The molecule has 0 saturated heterocycles. The van der Waals surface area contributed by atoms with Crippen molar-refractivity contribution in [3.63, 3.8) is 0 Å². The van der Waals surface area contributed by atoms with E-state index in [9.17, 15) is 14.0 Å². The van der Waals surface area contributed by atoms with Gasteiger partial charge in [0.2, 0.25) is 0 Å². The van der Waals surface area contributed by atoms with Crippen LogP contribution in [0.25, 0.3) is 0 Å². The summed E-state index contributed by atoms with van der Waals surface area (Å²) in [6, 6.07) is 3.95. The van der Waals surface area contributed by atoms with Gasteiger partial charge >= 0.3 is 11.9 Å². The smallest absolute Gasteiger partial charge is 0.336 e. The van der Waals surface area contributed by atoms with E-state index in [1.807, 2.05) is 0 Å². The third kappa shape index (κ3) is 4.89. The molecule has 0 heterocycles. The average Bonchev–Trinajstić information content (AvgIpc) is 2.39. The average molecular weight is 268 g/mol. The van der Waals surface area contributed by atoms with Crippen LogP contribution in [0.3, 0.4) is 0 Å². The maximum atomic E-state index is 13.5. The zero-order chi connectivity index (χ0) is 14.3. The summed E-state index contributed by atoms with van der Waals surface area (Å²) in [6.07, 6.45) is 1.81. The minimum Gasteiger partial charge on any atom is -0.466 e. The monoisotopic (exact) mass is 268 g/mol. The molecule has 19 heavy (non-hydrogen) atoms. The summed E-state index contributed by atoms with van der Waals surface area (Å²) in [7, 11) is 2.63. The van der Waals surface area contributed by atoms with Gasteiger partial charge in [0.15, 0.2) is 0 Å². The highest BCUT2D eigenvalue weighted by molar-refractivity contribution is 5.92. The Morgan fingerprint density at radius 3 is 2.47 bits per heavy atom. The fourth-order valence-corrected chi connectivity index (χ4v) is 1.22. The van der Waals surface area contributed by atoms with E-state index in [0.717, 1.165) is 18.2 Å². The number of halogens is 1. The highest BCUT2D eigenvalue weighted by Gasteiger charge is 2.07. The number of carbonyl (C=O) groups is 2. The minimum atomic E-state index is -0.802. The lowest BCUT2D eigenvalue weighted by Gasteiger charge is -2.05. The molecule has 0 spiro atoms. The Kier molecular flexibility index (Phi) is 5.69. The molecule has 0 aromatic heterocycles. The van der Waals surface area contributed by atoms with E-state index in [0.29, 0.717) is 5.56 Å². The molecular weight excluding hydrogens is 255 g/mol. The van der Waals surface area contributed by atoms with E-state index in [4.69, 9.17) is 9.47 Å². The molecule has 1 aromatic rings. The van der Waals surface area contributed by atoms with Gasteiger partial charge in [0, 0.05) is 30.9 Å². The van der Waals surface area contributed by atoms with Gasteiger partial charge in [-0.1, -0.05) is 6.07 Å². The lowest BCUT2D eigenvalue weighted by molar-refractivity contribution is -0.135. The lowest BCUT2D eigenvalue weighted by atomic mass is 10.2. The van der Waals surface area contributed by atoms with Crippen molar-refractivity contribution in [3.8, 4) is 5.75 Å². The van der Waals surface area contributed by atoms with Crippen molar-refractivity contribution in [1.82, 2.24) is 0 Å². The first kappa shape index (κ1) is 14.8. The van der Waals surface area contributed by atoms with Crippen LogP contribution in [0.5, 0.6) is 5.75 Å². The lowest BCUT2D eigenvalue weighted by Crippen LogP contribution is -2.06. The predicted octanol–water partition coefficient (Wildman–Crippen LogP) is 1.61. The summed E-state index contributed by atoms with van der Waals surface area (Å²) in [4.78, 5) is 22.0. The number of methoxy groups -OCH3 is 2. The molecule has 0 aliphatic carbocycles. The zero-order valence-corrected chi connectivity index (χ0v) is 10.5. The molecule has 0 aliphatic heterocycles. The van der Waals surface area contributed by atoms with Gasteiger partial charge in [0.05, 0.1) is 13.7 Å². The second kappa shape index (κ2) is 7.27. The molecule has 102 valence electrons.